The van der Waals surface area contributed by atoms with Crippen molar-refractivity contribution in [1.82, 2.24) is 9.88 Å². The number of benzene rings is 1. The molecule has 1 atom stereocenters. The van der Waals surface area contributed by atoms with E-state index in [-0.39, 0.29) is 5.91 Å². The molecule has 2 heterocycles. The molecule has 110 valence electrons. The lowest BCUT2D eigenvalue weighted by Gasteiger charge is -2.30. The lowest BCUT2D eigenvalue weighted by molar-refractivity contribution is -0.147. The fourth-order valence-corrected chi connectivity index (χ4v) is 3.52. The lowest BCUT2D eigenvalue weighted by Crippen LogP contribution is -2.50. The van der Waals surface area contributed by atoms with Gasteiger partial charge in [0.1, 0.15) is 11.2 Å². The largest absolute Gasteiger partial charge is 0.480 e. The van der Waals surface area contributed by atoms with Crippen LogP contribution < -0.4 is 0 Å². The van der Waals surface area contributed by atoms with Crippen LogP contribution in [-0.2, 0) is 4.79 Å². The van der Waals surface area contributed by atoms with Gasteiger partial charge in [-0.25, -0.2) is 4.79 Å². The van der Waals surface area contributed by atoms with Crippen molar-refractivity contribution >= 4 is 38.7 Å². The summed E-state index contributed by atoms with van der Waals surface area (Å²) in [7, 11) is 0. The first kappa shape index (κ1) is 14.1. The molecule has 1 saturated heterocycles. The number of aliphatic carboxylic acids is 1. The van der Waals surface area contributed by atoms with Crippen molar-refractivity contribution in [3.05, 3.63) is 34.4 Å². The first-order valence-corrected chi connectivity index (χ1v) is 7.56. The highest BCUT2D eigenvalue weighted by Gasteiger charge is 2.46. The minimum Gasteiger partial charge on any atom is -0.480 e. The number of hydrogen-bond acceptors (Lipinski definition) is 2. The first-order chi connectivity index (χ1) is 9.95. The molecule has 1 amide bonds. The van der Waals surface area contributed by atoms with E-state index >= 15 is 0 Å². The predicted molar refractivity (Wildman–Crippen MR) is 82.3 cm³/mol. The van der Waals surface area contributed by atoms with Gasteiger partial charge >= 0.3 is 5.97 Å². The van der Waals surface area contributed by atoms with Crippen LogP contribution in [0.1, 0.15) is 30.3 Å². The Labute approximate surface area is 130 Å². The number of halogens is 1. The van der Waals surface area contributed by atoms with Crippen LogP contribution in [0.3, 0.4) is 0 Å². The second-order valence-corrected chi connectivity index (χ2v) is 6.29. The number of carbonyl (C=O) groups excluding carboxylic acids is 1. The number of para-hydroxylation sites is 1. The molecule has 5 nitrogen and oxygen atoms in total. The number of nitrogens with zero attached hydrogens (tertiary/aromatic N) is 1. The normalized spacial score (nSPS) is 21.9. The average molecular weight is 351 g/mol. The smallest absolute Gasteiger partial charge is 0.329 e. The Bertz CT molecular complexity index is 740. The van der Waals surface area contributed by atoms with Gasteiger partial charge < -0.3 is 15.0 Å². The molecule has 0 spiro atoms. The van der Waals surface area contributed by atoms with Gasteiger partial charge in [-0.1, -0.05) is 18.2 Å². The average Bonchev–Trinajstić information content (AvgIpc) is 3.01. The van der Waals surface area contributed by atoms with Gasteiger partial charge in [0, 0.05) is 17.4 Å². The topological polar surface area (TPSA) is 73.4 Å². The molecule has 6 heteroatoms. The highest BCUT2D eigenvalue weighted by Crippen LogP contribution is 2.34. The summed E-state index contributed by atoms with van der Waals surface area (Å²) < 4.78 is 0.683. The fraction of sp³-hybridized carbons (Fsp3) is 0.333. The van der Waals surface area contributed by atoms with Gasteiger partial charge in [-0.05, 0) is 41.8 Å². The Hall–Kier alpha value is -1.82. The van der Waals surface area contributed by atoms with Crippen molar-refractivity contribution in [1.29, 1.82) is 0 Å². The molecule has 1 aromatic heterocycles. The highest BCUT2D eigenvalue weighted by atomic mass is 79.9. The maximum atomic E-state index is 12.8. The number of likely N-dealkylation sites (tertiary alicyclic amines) is 1. The van der Waals surface area contributed by atoms with Crippen molar-refractivity contribution in [3.63, 3.8) is 0 Å². The minimum absolute atomic E-state index is 0.277. The van der Waals surface area contributed by atoms with Gasteiger partial charge in [0.2, 0.25) is 0 Å². The van der Waals surface area contributed by atoms with Crippen LogP contribution in [0.4, 0.5) is 0 Å². The van der Waals surface area contributed by atoms with Crippen molar-refractivity contribution in [2.75, 3.05) is 6.54 Å². The zero-order valence-electron chi connectivity index (χ0n) is 11.5. The fourth-order valence-electron chi connectivity index (χ4n) is 2.90. The molecule has 1 unspecified atom stereocenters. The number of carboxylic acids is 1. The molecule has 2 N–H and O–H groups in total. The molecular formula is C15H15BrN2O3. The second kappa shape index (κ2) is 4.87. The predicted octanol–water partition coefficient (Wildman–Crippen LogP) is 3.01. The zero-order chi connectivity index (χ0) is 15.2. The van der Waals surface area contributed by atoms with Crippen molar-refractivity contribution in [2.45, 2.75) is 25.3 Å². The van der Waals surface area contributed by atoms with E-state index in [0.717, 1.165) is 10.9 Å². The van der Waals surface area contributed by atoms with Crippen molar-refractivity contribution in [2.24, 2.45) is 0 Å². The Morgan fingerprint density at radius 2 is 2.10 bits per heavy atom. The molecular weight excluding hydrogens is 336 g/mol. The molecule has 0 saturated carbocycles. The molecule has 1 fully saturated rings. The number of aromatic nitrogens is 1. The number of nitrogens with one attached hydrogen (secondary N) is 1. The van der Waals surface area contributed by atoms with Gasteiger partial charge in [-0.2, -0.15) is 0 Å². The molecule has 0 radical (unpaired) electrons. The van der Waals surface area contributed by atoms with Gasteiger partial charge in [0.25, 0.3) is 5.91 Å². The summed E-state index contributed by atoms with van der Waals surface area (Å²) in [4.78, 5) is 28.8. The third-order valence-corrected chi connectivity index (χ3v) is 5.03. The quantitative estimate of drug-likeness (QED) is 0.874. The highest BCUT2D eigenvalue weighted by molar-refractivity contribution is 9.10. The van der Waals surface area contributed by atoms with E-state index in [1.807, 2.05) is 24.3 Å². The summed E-state index contributed by atoms with van der Waals surface area (Å²) in [5, 5.41) is 10.3. The van der Waals surface area contributed by atoms with Crippen LogP contribution in [-0.4, -0.2) is 39.0 Å². The summed E-state index contributed by atoms with van der Waals surface area (Å²) in [6.07, 6.45) is 1.18. The lowest BCUT2D eigenvalue weighted by atomic mass is 9.99. The van der Waals surface area contributed by atoms with Gasteiger partial charge in [-0.3, -0.25) is 4.79 Å². The number of hydrogen-bond donors (Lipinski definition) is 2. The minimum atomic E-state index is -1.13. The van der Waals surface area contributed by atoms with Crippen LogP contribution in [0.2, 0.25) is 0 Å². The summed E-state index contributed by atoms with van der Waals surface area (Å²) in [5.74, 6) is -1.24. The van der Waals surface area contributed by atoms with E-state index in [1.54, 1.807) is 6.92 Å². The SMILES string of the molecule is CC1(C(=O)O)CCCN1C(=O)c1[nH]c2ccccc2c1Br. The number of aromatic amines is 1. The molecule has 21 heavy (non-hydrogen) atoms. The number of H-pyrrole nitrogens is 1. The van der Waals surface area contributed by atoms with E-state index in [1.165, 1.54) is 4.90 Å². The Balaban J connectivity index is 2.05. The molecule has 0 bridgehead atoms. The Kier molecular flexibility index (Phi) is 3.28. The number of amides is 1. The standard InChI is InChI=1S/C15H15BrN2O3/c1-15(14(20)21)7-4-8-18(15)13(19)12-11(16)9-5-2-3-6-10(9)17-12/h2-3,5-6,17H,4,7-8H2,1H3,(H,20,21). The van der Waals surface area contributed by atoms with E-state index in [0.29, 0.717) is 29.6 Å². The van der Waals surface area contributed by atoms with Crippen LogP contribution in [0.15, 0.2) is 28.7 Å². The van der Waals surface area contributed by atoms with Gasteiger partial charge in [0.15, 0.2) is 0 Å². The van der Waals surface area contributed by atoms with Crippen molar-refractivity contribution < 1.29 is 14.7 Å². The monoisotopic (exact) mass is 350 g/mol. The zero-order valence-corrected chi connectivity index (χ0v) is 13.1. The molecule has 1 aliphatic rings. The van der Waals surface area contributed by atoms with Crippen LogP contribution in [0, 0.1) is 0 Å². The molecule has 3 rings (SSSR count). The first-order valence-electron chi connectivity index (χ1n) is 6.77. The molecule has 1 aliphatic heterocycles. The number of carboxylic acid groups (broad SMARTS) is 1. The van der Waals surface area contributed by atoms with Crippen LogP contribution in [0.25, 0.3) is 10.9 Å². The molecule has 2 aromatic rings. The Morgan fingerprint density at radius 3 is 2.76 bits per heavy atom. The molecule has 0 aliphatic carbocycles. The van der Waals surface area contributed by atoms with E-state index < -0.39 is 11.5 Å². The summed E-state index contributed by atoms with van der Waals surface area (Å²) in [5.41, 5.74) is 0.128. The van der Waals surface area contributed by atoms with Crippen LogP contribution in [0.5, 0.6) is 0 Å². The van der Waals surface area contributed by atoms with Crippen LogP contribution >= 0.6 is 15.9 Å². The van der Waals surface area contributed by atoms with Crippen molar-refractivity contribution in [3.8, 4) is 0 Å². The second-order valence-electron chi connectivity index (χ2n) is 5.50. The Morgan fingerprint density at radius 1 is 1.38 bits per heavy atom. The third kappa shape index (κ3) is 2.05. The van der Waals surface area contributed by atoms with E-state index in [2.05, 4.69) is 20.9 Å². The van der Waals surface area contributed by atoms with E-state index in [4.69, 9.17) is 0 Å². The third-order valence-electron chi connectivity index (χ3n) is 4.20. The summed E-state index contributed by atoms with van der Waals surface area (Å²) in [6, 6.07) is 7.58. The summed E-state index contributed by atoms with van der Waals surface area (Å²) >= 11 is 3.45. The number of carbonyl (C=O) groups is 2. The maximum absolute atomic E-state index is 12.8. The number of rotatable bonds is 2. The number of fused-ring (bicyclic) bond motifs is 1. The summed E-state index contributed by atoms with van der Waals surface area (Å²) in [6.45, 7) is 2.07. The molecule has 1 aromatic carbocycles. The van der Waals surface area contributed by atoms with Gasteiger partial charge in [0.05, 0.1) is 4.47 Å². The maximum Gasteiger partial charge on any atom is 0.329 e. The van der Waals surface area contributed by atoms with E-state index in [9.17, 15) is 14.7 Å². The van der Waals surface area contributed by atoms with Gasteiger partial charge in [-0.15, -0.1) is 0 Å².